The van der Waals surface area contributed by atoms with Crippen LogP contribution in [0.2, 0.25) is 0 Å². The van der Waals surface area contributed by atoms with Gasteiger partial charge in [-0.25, -0.2) is 8.42 Å². The molecule has 0 aliphatic carbocycles. The van der Waals surface area contributed by atoms with Crippen molar-refractivity contribution in [1.29, 1.82) is 0 Å². The lowest BCUT2D eigenvalue weighted by Crippen LogP contribution is -2.16. The first-order valence-electron chi connectivity index (χ1n) is 8.59. The Morgan fingerprint density at radius 1 is 0.900 bits per heavy atom. The van der Waals surface area contributed by atoms with Gasteiger partial charge in [0.2, 0.25) is 10.0 Å². The highest BCUT2D eigenvalue weighted by molar-refractivity contribution is 7.92. The maximum absolute atomic E-state index is 12.3. The van der Waals surface area contributed by atoms with Gasteiger partial charge >= 0.3 is 6.36 Å². The molecule has 10 heteroatoms. The summed E-state index contributed by atoms with van der Waals surface area (Å²) in [5.41, 5.74) is 9.33. The molecule has 6 nitrogen and oxygen atoms in total. The Hall–Kier alpha value is -3.40. The summed E-state index contributed by atoms with van der Waals surface area (Å²) in [6.45, 7) is 0. The average molecular weight is 437 g/mol. The molecule has 4 N–H and O–H groups in total. The monoisotopic (exact) mass is 437 g/mol. The van der Waals surface area contributed by atoms with E-state index in [2.05, 4.69) is 14.8 Å². The topological polar surface area (TPSA) is 93.5 Å². The number of nitrogen functional groups attached to an aromatic ring is 1. The predicted octanol–water partition coefficient (Wildman–Crippen LogP) is 4.95. The minimum atomic E-state index is -4.74. The van der Waals surface area contributed by atoms with Crippen molar-refractivity contribution >= 4 is 32.8 Å². The fourth-order valence-corrected chi connectivity index (χ4v) is 3.28. The van der Waals surface area contributed by atoms with E-state index in [0.29, 0.717) is 28.3 Å². The van der Waals surface area contributed by atoms with Crippen molar-refractivity contribution in [2.75, 3.05) is 22.0 Å². The zero-order valence-electron chi connectivity index (χ0n) is 15.7. The van der Waals surface area contributed by atoms with E-state index in [0.717, 1.165) is 11.8 Å². The van der Waals surface area contributed by atoms with Gasteiger partial charge in [0.15, 0.2) is 0 Å². The Kier molecular flexibility index (Phi) is 5.79. The molecular weight excluding hydrogens is 419 g/mol. The number of anilines is 4. The van der Waals surface area contributed by atoms with E-state index < -0.39 is 16.4 Å². The number of benzene rings is 3. The zero-order chi connectivity index (χ0) is 21.9. The van der Waals surface area contributed by atoms with Crippen LogP contribution in [0.1, 0.15) is 0 Å². The van der Waals surface area contributed by atoms with Crippen molar-refractivity contribution in [3.8, 4) is 16.9 Å². The number of hydrogen-bond donors (Lipinski definition) is 3. The van der Waals surface area contributed by atoms with Gasteiger partial charge in [0, 0.05) is 5.69 Å². The molecule has 0 saturated heterocycles. The van der Waals surface area contributed by atoms with Crippen molar-refractivity contribution in [2.45, 2.75) is 6.36 Å². The van der Waals surface area contributed by atoms with Crippen LogP contribution in [0, 0.1) is 0 Å². The summed E-state index contributed by atoms with van der Waals surface area (Å²) in [6.07, 6.45) is -3.70. The summed E-state index contributed by atoms with van der Waals surface area (Å²) < 4.78 is 66.0. The third-order valence-corrected chi connectivity index (χ3v) is 4.53. The molecule has 0 spiro atoms. The van der Waals surface area contributed by atoms with Gasteiger partial charge in [0.25, 0.3) is 0 Å². The van der Waals surface area contributed by atoms with Gasteiger partial charge in [-0.1, -0.05) is 24.3 Å². The minimum absolute atomic E-state index is 0.302. The van der Waals surface area contributed by atoms with Crippen LogP contribution < -0.4 is 20.5 Å². The molecule has 0 bridgehead atoms. The van der Waals surface area contributed by atoms with E-state index in [1.54, 1.807) is 42.5 Å². The smallest absolute Gasteiger partial charge is 0.406 e. The minimum Gasteiger partial charge on any atom is -0.406 e. The molecule has 0 unspecified atom stereocenters. The van der Waals surface area contributed by atoms with Crippen LogP contribution in [0.4, 0.5) is 35.9 Å². The maximum atomic E-state index is 12.3. The van der Waals surface area contributed by atoms with Gasteiger partial charge in [-0.2, -0.15) is 0 Å². The van der Waals surface area contributed by atoms with E-state index in [4.69, 9.17) is 5.73 Å². The number of rotatable bonds is 6. The number of halogens is 3. The molecule has 0 atom stereocenters. The van der Waals surface area contributed by atoms with Gasteiger partial charge in [0.05, 0.1) is 23.3 Å². The van der Waals surface area contributed by atoms with Crippen molar-refractivity contribution in [3.63, 3.8) is 0 Å². The number of nitrogens with one attached hydrogen (secondary N) is 2. The first kappa shape index (κ1) is 21.3. The normalized spacial score (nSPS) is 11.7. The lowest BCUT2D eigenvalue weighted by Gasteiger charge is -2.13. The number of ether oxygens (including phenoxy) is 1. The highest BCUT2D eigenvalue weighted by atomic mass is 32.2. The van der Waals surface area contributed by atoms with E-state index >= 15 is 0 Å². The fraction of sp³-hybridized carbons (Fsp3) is 0.100. The van der Waals surface area contributed by atoms with Gasteiger partial charge in [-0.05, 0) is 53.6 Å². The first-order chi connectivity index (χ1) is 14.0. The standard InChI is InChI=1S/C20H18F3N3O3S/c1-30(27,28)26-16-7-10-18(24)19(12-16)25-15-4-2-3-14(11-15)13-5-8-17(9-6-13)29-20(21,22)23/h2-12,25-26H,24H2,1H3. The molecule has 3 aromatic rings. The number of hydrogen-bond acceptors (Lipinski definition) is 5. The molecule has 30 heavy (non-hydrogen) atoms. The van der Waals surface area contributed by atoms with Crippen LogP contribution in [0.25, 0.3) is 11.1 Å². The second-order valence-corrected chi connectivity index (χ2v) is 8.20. The Bertz CT molecular complexity index is 1150. The number of sulfonamides is 1. The van der Waals surface area contributed by atoms with Gasteiger partial charge < -0.3 is 15.8 Å². The van der Waals surface area contributed by atoms with E-state index in [-0.39, 0.29) is 5.75 Å². The average Bonchev–Trinajstić information content (AvgIpc) is 2.63. The third-order valence-electron chi connectivity index (χ3n) is 3.92. The van der Waals surface area contributed by atoms with Crippen LogP contribution >= 0.6 is 0 Å². The highest BCUT2D eigenvalue weighted by Gasteiger charge is 2.30. The van der Waals surface area contributed by atoms with Crippen LogP contribution in [0.3, 0.4) is 0 Å². The largest absolute Gasteiger partial charge is 0.573 e. The van der Waals surface area contributed by atoms with Crippen molar-refractivity contribution in [2.24, 2.45) is 0 Å². The van der Waals surface area contributed by atoms with E-state index in [1.807, 2.05) is 0 Å². The molecule has 3 aromatic carbocycles. The van der Waals surface area contributed by atoms with Crippen LogP contribution in [0.5, 0.6) is 5.75 Å². The first-order valence-corrected chi connectivity index (χ1v) is 10.5. The molecule has 0 fully saturated rings. The fourth-order valence-electron chi connectivity index (χ4n) is 2.72. The van der Waals surface area contributed by atoms with E-state index in [1.165, 1.54) is 24.3 Å². The molecule has 0 aliphatic rings. The van der Waals surface area contributed by atoms with Crippen LogP contribution in [-0.4, -0.2) is 21.0 Å². The summed E-state index contributed by atoms with van der Waals surface area (Å²) in [5.74, 6) is -0.302. The third kappa shape index (κ3) is 6.05. The quantitative estimate of drug-likeness (QED) is 0.475. The Balaban J connectivity index is 1.82. The molecule has 158 valence electrons. The number of nitrogens with two attached hydrogens (primary N) is 1. The van der Waals surface area contributed by atoms with Crippen LogP contribution in [-0.2, 0) is 10.0 Å². The van der Waals surface area contributed by atoms with Crippen molar-refractivity contribution in [1.82, 2.24) is 0 Å². The van der Waals surface area contributed by atoms with Crippen LogP contribution in [0.15, 0.2) is 66.7 Å². The summed E-state index contributed by atoms with van der Waals surface area (Å²) in [6, 6.07) is 17.3. The van der Waals surface area contributed by atoms with Crippen molar-refractivity contribution in [3.05, 3.63) is 66.7 Å². The second kappa shape index (κ2) is 8.15. The summed E-state index contributed by atoms with van der Waals surface area (Å²) >= 11 is 0. The Morgan fingerprint density at radius 2 is 1.60 bits per heavy atom. The lowest BCUT2D eigenvalue weighted by atomic mass is 10.0. The Morgan fingerprint density at radius 3 is 2.23 bits per heavy atom. The Labute approximate surface area is 171 Å². The molecule has 0 radical (unpaired) electrons. The highest BCUT2D eigenvalue weighted by Crippen LogP contribution is 2.31. The summed E-state index contributed by atoms with van der Waals surface area (Å²) in [5, 5.41) is 3.12. The zero-order valence-corrected chi connectivity index (χ0v) is 16.5. The molecule has 0 saturated carbocycles. The van der Waals surface area contributed by atoms with Gasteiger partial charge in [0.1, 0.15) is 5.75 Å². The number of alkyl halides is 3. The maximum Gasteiger partial charge on any atom is 0.573 e. The van der Waals surface area contributed by atoms with E-state index in [9.17, 15) is 21.6 Å². The van der Waals surface area contributed by atoms with Gasteiger partial charge in [-0.3, -0.25) is 4.72 Å². The summed E-state index contributed by atoms with van der Waals surface area (Å²) in [7, 11) is -3.44. The molecule has 3 rings (SSSR count). The predicted molar refractivity (Wildman–Crippen MR) is 111 cm³/mol. The summed E-state index contributed by atoms with van der Waals surface area (Å²) in [4.78, 5) is 0. The molecule has 0 heterocycles. The lowest BCUT2D eigenvalue weighted by molar-refractivity contribution is -0.274. The van der Waals surface area contributed by atoms with Crippen molar-refractivity contribution < 1.29 is 26.3 Å². The molecule has 0 aromatic heterocycles. The second-order valence-electron chi connectivity index (χ2n) is 6.45. The molecular formula is C20H18F3N3O3S. The molecule has 0 amide bonds. The molecule has 0 aliphatic heterocycles. The SMILES string of the molecule is CS(=O)(=O)Nc1ccc(N)c(Nc2cccc(-c3ccc(OC(F)(F)F)cc3)c2)c1. The van der Waals surface area contributed by atoms with Gasteiger partial charge in [-0.15, -0.1) is 13.2 Å².